The van der Waals surface area contributed by atoms with Crippen molar-refractivity contribution in [3.05, 3.63) is 24.3 Å². The van der Waals surface area contributed by atoms with Gasteiger partial charge in [-0.1, -0.05) is 5.16 Å². The Kier molecular flexibility index (Phi) is 6.35. The summed E-state index contributed by atoms with van der Waals surface area (Å²) in [6.45, 7) is 7.20. The molecule has 1 amide bonds. The van der Waals surface area contributed by atoms with Crippen molar-refractivity contribution < 1.29 is 27.2 Å². The molecule has 1 saturated heterocycles. The van der Waals surface area contributed by atoms with Crippen LogP contribution in [0.3, 0.4) is 0 Å². The van der Waals surface area contributed by atoms with Crippen LogP contribution in [0.5, 0.6) is 6.08 Å². The number of rotatable bonds is 5. The Balaban J connectivity index is 1.49. The molecule has 0 bridgehead atoms. The fourth-order valence-electron chi connectivity index (χ4n) is 3.03. The summed E-state index contributed by atoms with van der Waals surface area (Å²) < 4.78 is 39.2. The first kappa shape index (κ1) is 22.1. The van der Waals surface area contributed by atoms with E-state index in [1.165, 1.54) is 12.1 Å². The smallest absolute Gasteiger partial charge is 0.417 e. The van der Waals surface area contributed by atoms with E-state index in [-0.39, 0.29) is 23.0 Å². The highest BCUT2D eigenvalue weighted by Crippen LogP contribution is 2.23. The third-order valence-corrected chi connectivity index (χ3v) is 5.79. The van der Waals surface area contributed by atoms with Gasteiger partial charge in [-0.25, -0.2) is 13.2 Å². The zero-order valence-corrected chi connectivity index (χ0v) is 18.4. The summed E-state index contributed by atoms with van der Waals surface area (Å²) in [6, 6.07) is 6.24. The van der Waals surface area contributed by atoms with E-state index >= 15 is 0 Å². The van der Waals surface area contributed by atoms with Crippen molar-refractivity contribution in [1.82, 2.24) is 15.0 Å². The van der Waals surface area contributed by atoms with Gasteiger partial charge in [0.1, 0.15) is 5.60 Å². The molecule has 10 heteroatoms. The predicted molar refractivity (Wildman–Crippen MR) is 109 cm³/mol. The van der Waals surface area contributed by atoms with Crippen molar-refractivity contribution in [2.75, 3.05) is 26.0 Å². The van der Waals surface area contributed by atoms with Crippen LogP contribution in [-0.4, -0.2) is 61.1 Å². The van der Waals surface area contributed by atoms with E-state index in [1.54, 1.807) is 17.0 Å². The van der Waals surface area contributed by atoms with Crippen LogP contribution in [0.4, 0.5) is 4.79 Å². The first-order valence-electron chi connectivity index (χ1n) is 9.76. The lowest BCUT2D eigenvalue weighted by Gasteiger charge is -2.33. The van der Waals surface area contributed by atoms with Crippen molar-refractivity contribution in [2.45, 2.75) is 44.1 Å². The van der Waals surface area contributed by atoms with Crippen molar-refractivity contribution in [1.29, 1.82) is 0 Å². The number of amides is 1. The first-order valence-corrected chi connectivity index (χ1v) is 11.7. The summed E-state index contributed by atoms with van der Waals surface area (Å²) in [5, 5.41) is 3.88. The number of sulfone groups is 1. The SMILES string of the molecule is CC(C)(C)OC(=O)N1CCC(COc2nc(-c3ccc(S(C)(=O)=O)cc3)no2)CC1. The van der Waals surface area contributed by atoms with Crippen LogP contribution in [0.15, 0.2) is 33.7 Å². The van der Waals surface area contributed by atoms with Crippen LogP contribution in [0.1, 0.15) is 33.6 Å². The minimum Gasteiger partial charge on any atom is -0.449 e. The van der Waals surface area contributed by atoms with Gasteiger partial charge in [-0.2, -0.15) is 4.98 Å². The fourth-order valence-corrected chi connectivity index (χ4v) is 3.66. The Hall–Kier alpha value is -2.62. The number of benzene rings is 1. The molecule has 0 unspecified atom stereocenters. The van der Waals surface area contributed by atoms with Gasteiger partial charge < -0.3 is 14.4 Å². The van der Waals surface area contributed by atoms with Crippen LogP contribution >= 0.6 is 0 Å². The lowest BCUT2D eigenvalue weighted by molar-refractivity contribution is 0.0157. The largest absolute Gasteiger partial charge is 0.449 e. The molecule has 1 fully saturated rings. The molecule has 30 heavy (non-hydrogen) atoms. The number of aromatic nitrogens is 2. The number of likely N-dealkylation sites (tertiary alicyclic amines) is 1. The molecule has 2 aromatic rings. The highest BCUT2D eigenvalue weighted by molar-refractivity contribution is 7.90. The number of carbonyl (C=O) groups is 1. The molecular weight excluding hydrogens is 410 g/mol. The van der Waals surface area contributed by atoms with Gasteiger partial charge in [-0.05, 0) is 63.8 Å². The molecule has 1 aliphatic rings. The van der Waals surface area contributed by atoms with Crippen LogP contribution in [0.2, 0.25) is 0 Å². The Morgan fingerprint density at radius 3 is 2.40 bits per heavy atom. The van der Waals surface area contributed by atoms with Crippen molar-refractivity contribution >= 4 is 15.9 Å². The second kappa shape index (κ2) is 8.63. The third kappa shape index (κ3) is 5.94. The summed E-state index contributed by atoms with van der Waals surface area (Å²) in [7, 11) is -3.26. The maximum absolute atomic E-state index is 12.1. The van der Waals surface area contributed by atoms with E-state index < -0.39 is 15.4 Å². The molecule has 0 spiro atoms. The number of piperidine rings is 1. The van der Waals surface area contributed by atoms with Gasteiger partial charge in [0, 0.05) is 24.9 Å². The highest BCUT2D eigenvalue weighted by atomic mass is 32.2. The standard InChI is InChI=1S/C20H27N3O6S/c1-20(2,3)28-19(24)23-11-9-14(10-12-23)13-27-18-21-17(22-29-18)15-5-7-16(8-6-15)30(4,25)26/h5-8,14H,9-13H2,1-4H3. The van der Waals surface area contributed by atoms with E-state index in [2.05, 4.69) is 10.1 Å². The minimum absolute atomic E-state index is 0.0618. The lowest BCUT2D eigenvalue weighted by Crippen LogP contribution is -2.42. The number of nitrogens with zero attached hydrogens (tertiary/aromatic N) is 3. The molecule has 3 rings (SSSR count). The van der Waals surface area contributed by atoms with Crippen LogP contribution < -0.4 is 4.74 Å². The number of ether oxygens (including phenoxy) is 2. The number of carbonyl (C=O) groups excluding carboxylic acids is 1. The van der Waals surface area contributed by atoms with Crippen molar-refractivity contribution in [3.8, 4) is 17.5 Å². The molecule has 1 aliphatic heterocycles. The topological polar surface area (TPSA) is 112 Å². The molecule has 0 radical (unpaired) electrons. The van der Waals surface area contributed by atoms with Crippen molar-refractivity contribution in [3.63, 3.8) is 0 Å². The first-order chi connectivity index (χ1) is 14.0. The molecule has 9 nitrogen and oxygen atoms in total. The Bertz CT molecular complexity index is 971. The van der Waals surface area contributed by atoms with E-state index in [4.69, 9.17) is 14.0 Å². The predicted octanol–water partition coefficient (Wildman–Crippen LogP) is 3.17. The van der Waals surface area contributed by atoms with E-state index in [0.29, 0.717) is 31.1 Å². The van der Waals surface area contributed by atoms with Crippen LogP contribution in [0, 0.1) is 5.92 Å². The van der Waals surface area contributed by atoms with E-state index in [0.717, 1.165) is 19.1 Å². The third-order valence-electron chi connectivity index (χ3n) is 4.66. The molecule has 0 N–H and O–H groups in total. The molecule has 164 valence electrons. The molecule has 0 aliphatic carbocycles. The second-order valence-electron chi connectivity index (χ2n) is 8.40. The zero-order chi connectivity index (χ0) is 21.9. The van der Waals surface area contributed by atoms with Gasteiger partial charge in [-0.15, -0.1) is 0 Å². The summed E-state index contributed by atoms with van der Waals surface area (Å²) in [5.74, 6) is 0.595. The average molecular weight is 438 g/mol. The molecule has 0 atom stereocenters. The molecule has 2 heterocycles. The molecular formula is C20H27N3O6S. The van der Waals surface area contributed by atoms with Gasteiger partial charge in [0.05, 0.1) is 11.5 Å². The van der Waals surface area contributed by atoms with Crippen LogP contribution in [0.25, 0.3) is 11.4 Å². The quantitative estimate of drug-likeness (QED) is 0.701. The maximum Gasteiger partial charge on any atom is 0.417 e. The average Bonchev–Trinajstić information content (AvgIpc) is 3.14. The molecule has 1 aromatic heterocycles. The van der Waals surface area contributed by atoms with E-state index in [9.17, 15) is 13.2 Å². The van der Waals surface area contributed by atoms with Gasteiger partial charge in [0.15, 0.2) is 9.84 Å². The van der Waals surface area contributed by atoms with Crippen LogP contribution in [-0.2, 0) is 14.6 Å². The Morgan fingerprint density at radius 1 is 1.20 bits per heavy atom. The van der Waals surface area contributed by atoms with Gasteiger partial charge in [0.25, 0.3) is 0 Å². The lowest BCUT2D eigenvalue weighted by atomic mass is 9.98. The second-order valence-corrected chi connectivity index (χ2v) is 10.4. The molecule has 0 saturated carbocycles. The maximum atomic E-state index is 12.1. The highest BCUT2D eigenvalue weighted by Gasteiger charge is 2.27. The summed E-state index contributed by atoms with van der Waals surface area (Å²) in [4.78, 5) is 18.3. The fraction of sp³-hybridized carbons (Fsp3) is 0.550. The molecule has 1 aromatic carbocycles. The summed E-state index contributed by atoms with van der Waals surface area (Å²) in [5.41, 5.74) is 0.129. The van der Waals surface area contributed by atoms with Gasteiger partial charge in [0.2, 0.25) is 5.82 Å². The normalized spacial score (nSPS) is 15.8. The number of hydrogen-bond acceptors (Lipinski definition) is 8. The van der Waals surface area contributed by atoms with Crippen molar-refractivity contribution in [2.24, 2.45) is 5.92 Å². The number of hydrogen-bond donors (Lipinski definition) is 0. The zero-order valence-electron chi connectivity index (χ0n) is 17.6. The van der Waals surface area contributed by atoms with Gasteiger partial charge in [-0.3, -0.25) is 4.52 Å². The monoisotopic (exact) mass is 437 g/mol. The summed E-state index contributed by atoms with van der Waals surface area (Å²) in [6.07, 6.45) is 2.53. The Labute approximate surface area is 176 Å². The Morgan fingerprint density at radius 2 is 1.83 bits per heavy atom. The summed E-state index contributed by atoms with van der Waals surface area (Å²) >= 11 is 0. The van der Waals surface area contributed by atoms with E-state index in [1.807, 2.05) is 20.8 Å². The minimum atomic E-state index is -3.26. The van der Waals surface area contributed by atoms with Gasteiger partial charge >= 0.3 is 12.2 Å².